The quantitative estimate of drug-likeness (QED) is 0.464. The Bertz CT molecular complexity index is 902. The van der Waals surface area contributed by atoms with E-state index in [2.05, 4.69) is 31.1 Å². The molecule has 27 heavy (non-hydrogen) atoms. The van der Waals surface area contributed by atoms with Crippen LogP contribution < -0.4 is 9.47 Å². The molecule has 0 bridgehead atoms. The molecule has 6 nitrogen and oxygen atoms in total. The van der Waals surface area contributed by atoms with Gasteiger partial charge in [0.05, 0.1) is 13.2 Å². The van der Waals surface area contributed by atoms with Crippen LogP contribution in [0.5, 0.6) is 11.5 Å². The number of rotatable bonds is 8. The van der Waals surface area contributed by atoms with Crippen molar-refractivity contribution in [3.8, 4) is 22.9 Å². The summed E-state index contributed by atoms with van der Waals surface area (Å²) < 4.78 is 14.4. The van der Waals surface area contributed by atoms with Crippen molar-refractivity contribution >= 4 is 27.7 Å². The van der Waals surface area contributed by atoms with E-state index in [9.17, 15) is 0 Å². The first kappa shape index (κ1) is 19.7. The van der Waals surface area contributed by atoms with E-state index in [1.54, 1.807) is 24.2 Å². The largest absolute Gasteiger partial charge is 0.490 e. The minimum atomic E-state index is 0.590. The maximum Gasteiger partial charge on any atom is 0.191 e. The predicted molar refractivity (Wildman–Crippen MR) is 110 cm³/mol. The molecule has 0 N–H and O–H groups in total. The zero-order valence-electron chi connectivity index (χ0n) is 15.5. The fourth-order valence-corrected chi connectivity index (χ4v) is 4.11. The van der Waals surface area contributed by atoms with Crippen LogP contribution in [0.4, 0.5) is 0 Å². The van der Waals surface area contributed by atoms with Gasteiger partial charge in [0.2, 0.25) is 0 Å². The maximum atomic E-state index is 5.73. The van der Waals surface area contributed by atoms with Gasteiger partial charge in [0.25, 0.3) is 0 Å². The van der Waals surface area contributed by atoms with E-state index in [0.29, 0.717) is 13.2 Å². The zero-order chi connectivity index (χ0) is 19.2. The summed E-state index contributed by atoms with van der Waals surface area (Å²) in [6, 6.07) is 7.83. The van der Waals surface area contributed by atoms with Crippen LogP contribution in [0.15, 0.2) is 46.3 Å². The Balaban J connectivity index is 1.79. The number of ether oxygens (including phenoxy) is 2. The number of benzene rings is 1. The van der Waals surface area contributed by atoms with E-state index in [1.165, 1.54) is 0 Å². The van der Waals surface area contributed by atoms with Gasteiger partial charge in [0.1, 0.15) is 0 Å². The minimum absolute atomic E-state index is 0.590. The number of hydrogen-bond acceptors (Lipinski definition) is 6. The zero-order valence-corrected chi connectivity index (χ0v) is 17.9. The predicted octanol–water partition coefficient (Wildman–Crippen LogP) is 4.73. The monoisotopic (exact) mass is 448 g/mol. The van der Waals surface area contributed by atoms with E-state index in [1.807, 2.05) is 49.7 Å². The Kier molecular flexibility index (Phi) is 6.73. The summed E-state index contributed by atoms with van der Waals surface area (Å²) in [5, 5.41) is 9.49. The molecule has 0 atom stereocenters. The molecule has 2 heterocycles. The van der Waals surface area contributed by atoms with Crippen LogP contribution >= 0.6 is 27.7 Å². The highest BCUT2D eigenvalue weighted by molar-refractivity contribution is 9.10. The summed E-state index contributed by atoms with van der Waals surface area (Å²) in [5.74, 6) is 3.06. The molecule has 0 aliphatic heterocycles. The van der Waals surface area contributed by atoms with Crippen molar-refractivity contribution in [3.63, 3.8) is 0 Å². The standard InChI is InChI=1S/C19H21BrN4O2S/c1-4-25-16-10-14(15(20)11-17(16)26-5-2)12-27-19-23-22-18(24(19)3)13-6-8-21-9-7-13/h6-11H,4-5,12H2,1-3H3. The summed E-state index contributed by atoms with van der Waals surface area (Å²) in [6.07, 6.45) is 3.51. The van der Waals surface area contributed by atoms with Crippen molar-refractivity contribution < 1.29 is 9.47 Å². The second-order valence-corrected chi connectivity index (χ2v) is 7.44. The van der Waals surface area contributed by atoms with Crippen LogP contribution in [0.2, 0.25) is 0 Å². The second kappa shape index (κ2) is 9.23. The number of thioether (sulfide) groups is 1. The molecule has 1 aromatic carbocycles. The van der Waals surface area contributed by atoms with Crippen molar-refractivity contribution in [1.29, 1.82) is 0 Å². The average Bonchev–Trinajstić information content (AvgIpc) is 3.04. The van der Waals surface area contributed by atoms with Gasteiger partial charge >= 0.3 is 0 Å². The first-order valence-electron chi connectivity index (χ1n) is 8.64. The molecule has 0 radical (unpaired) electrons. The first-order chi connectivity index (χ1) is 13.1. The van der Waals surface area contributed by atoms with Crippen LogP contribution in [-0.2, 0) is 12.8 Å². The second-order valence-electron chi connectivity index (χ2n) is 5.65. The number of hydrogen-bond donors (Lipinski definition) is 0. The lowest BCUT2D eigenvalue weighted by Gasteiger charge is -2.14. The molecule has 8 heteroatoms. The highest BCUT2D eigenvalue weighted by Gasteiger charge is 2.14. The molecule has 0 spiro atoms. The third-order valence-corrected chi connectivity index (χ3v) is 5.65. The van der Waals surface area contributed by atoms with E-state index >= 15 is 0 Å². The van der Waals surface area contributed by atoms with Gasteiger partial charge in [0.15, 0.2) is 22.5 Å². The van der Waals surface area contributed by atoms with Gasteiger partial charge in [-0.2, -0.15) is 0 Å². The summed E-state index contributed by atoms with van der Waals surface area (Å²) in [6.45, 7) is 5.11. The fraction of sp³-hybridized carbons (Fsp3) is 0.316. The topological polar surface area (TPSA) is 62.1 Å². The summed E-state index contributed by atoms with van der Waals surface area (Å²) in [7, 11) is 1.97. The molecule has 0 saturated heterocycles. The van der Waals surface area contributed by atoms with Crippen molar-refractivity contribution in [3.05, 3.63) is 46.7 Å². The molecular weight excluding hydrogens is 428 g/mol. The molecule has 3 aromatic rings. The summed E-state index contributed by atoms with van der Waals surface area (Å²) >= 11 is 5.26. The van der Waals surface area contributed by atoms with Crippen LogP contribution in [-0.4, -0.2) is 33.0 Å². The Morgan fingerprint density at radius 3 is 2.37 bits per heavy atom. The van der Waals surface area contributed by atoms with Gasteiger partial charge in [-0.15, -0.1) is 10.2 Å². The molecule has 0 unspecified atom stereocenters. The van der Waals surface area contributed by atoms with Gasteiger partial charge in [-0.1, -0.05) is 27.7 Å². The molecule has 0 aliphatic rings. The van der Waals surface area contributed by atoms with Gasteiger partial charge in [-0.25, -0.2) is 0 Å². The Morgan fingerprint density at radius 2 is 1.70 bits per heavy atom. The Hall–Kier alpha value is -2.06. The summed E-state index contributed by atoms with van der Waals surface area (Å²) in [5.41, 5.74) is 2.10. The smallest absolute Gasteiger partial charge is 0.191 e. The van der Waals surface area contributed by atoms with Crippen molar-refractivity contribution in [2.45, 2.75) is 24.8 Å². The fourth-order valence-electron chi connectivity index (χ4n) is 2.56. The molecule has 0 saturated carbocycles. The molecule has 2 aromatic heterocycles. The lowest BCUT2D eigenvalue weighted by molar-refractivity contribution is 0.287. The number of aromatic nitrogens is 4. The molecule has 142 valence electrons. The van der Waals surface area contributed by atoms with Crippen molar-refractivity contribution in [2.75, 3.05) is 13.2 Å². The van der Waals surface area contributed by atoms with E-state index in [-0.39, 0.29) is 0 Å². The average molecular weight is 449 g/mol. The van der Waals surface area contributed by atoms with Crippen LogP contribution in [0, 0.1) is 0 Å². The highest BCUT2D eigenvalue weighted by Crippen LogP contribution is 2.36. The van der Waals surface area contributed by atoms with E-state index < -0.39 is 0 Å². The normalized spacial score (nSPS) is 10.8. The lowest BCUT2D eigenvalue weighted by atomic mass is 10.2. The maximum absolute atomic E-state index is 5.73. The SMILES string of the molecule is CCOc1cc(Br)c(CSc2nnc(-c3ccncc3)n2C)cc1OCC. The van der Waals surface area contributed by atoms with Gasteiger partial charge in [0, 0.05) is 35.2 Å². The summed E-state index contributed by atoms with van der Waals surface area (Å²) in [4.78, 5) is 4.05. The molecule has 0 fully saturated rings. The van der Waals surface area contributed by atoms with Gasteiger partial charge in [-0.05, 0) is 43.7 Å². The van der Waals surface area contributed by atoms with Crippen LogP contribution in [0.1, 0.15) is 19.4 Å². The van der Waals surface area contributed by atoms with Crippen LogP contribution in [0.25, 0.3) is 11.4 Å². The minimum Gasteiger partial charge on any atom is -0.490 e. The number of nitrogens with zero attached hydrogens (tertiary/aromatic N) is 4. The third-order valence-electron chi connectivity index (χ3n) is 3.84. The number of halogens is 1. The van der Waals surface area contributed by atoms with Crippen molar-refractivity contribution in [1.82, 2.24) is 19.7 Å². The van der Waals surface area contributed by atoms with E-state index in [4.69, 9.17) is 9.47 Å². The first-order valence-corrected chi connectivity index (χ1v) is 10.4. The lowest BCUT2D eigenvalue weighted by Crippen LogP contribution is -2.00. The van der Waals surface area contributed by atoms with E-state index in [0.717, 1.165) is 43.8 Å². The highest BCUT2D eigenvalue weighted by atomic mass is 79.9. The Morgan fingerprint density at radius 1 is 1.04 bits per heavy atom. The van der Waals surface area contributed by atoms with Crippen LogP contribution in [0.3, 0.4) is 0 Å². The molecule has 0 aliphatic carbocycles. The van der Waals surface area contributed by atoms with Gasteiger partial charge < -0.3 is 14.0 Å². The molecule has 3 rings (SSSR count). The molecular formula is C19H21BrN4O2S. The molecule has 0 amide bonds. The van der Waals surface area contributed by atoms with Crippen molar-refractivity contribution in [2.24, 2.45) is 7.05 Å². The third kappa shape index (κ3) is 4.62. The number of pyridine rings is 1. The van der Waals surface area contributed by atoms with Gasteiger partial charge in [-0.3, -0.25) is 4.98 Å². The Labute approximate surface area is 171 Å².